The minimum absolute atomic E-state index is 0.0184. The number of aromatic nitrogens is 1. The third-order valence-corrected chi connectivity index (χ3v) is 6.16. The minimum atomic E-state index is -0.0184. The molecule has 0 aliphatic carbocycles. The number of nitrogens with zero attached hydrogens (tertiary/aromatic N) is 2. The van der Waals surface area contributed by atoms with Crippen molar-refractivity contribution in [2.75, 3.05) is 46.0 Å². The maximum Gasteiger partial charge on any atom is 0.251 e. The fourth-order valence-electron chi connectivity index (χ4n) is 4.64. The second-order valence-electron chi connectivity index (χ2n) is 7.90. The van der Waals surface area contributed by atoms with E-state index >= 15 is 0 Å². The largest absolute Gasteiger partial charge is 0.381 e. The highest BCUT2D eigenvalue weighted by Gasteiger charge is 2.52. The molecule has 3 aliphatic heterocycles. The average Bonchev–Trinajstić information content (AvgIpc) is 3.07. The van der Waals surface area contributed by atoms with Crippen molar-refractivity contribution in [2.24, 2.45) is 11.8 Å². The number of amides is 1. The van der Waals surface area contributed by atoms with Crippen molar-refractivity contribution >= 4 is 5.91 Å². The quantitative estimate of drug-likeness (QED) is 0.838. The van der Waals surface area contributed by atoms with Crippen LogP contribution in [0.1, 0.15) is 36.0 Å². The Hall–Kier alpha value is -1.50. The Labute approximate surface area is 155 Å². The zero-order valence-electron chi connectivity index (χ0n) is 15.4. The van der Waals surface area contributed by atoms with Crippen LogP contribution >= 0.6 is 0 Å². The van der Waals surface area contributed by atoms with E-state index < -0.39 is 0 Å². The van der Waals surface area contributed by atoms with Crippen LogP contribution in [0, 0.1) is 11.8 Å². The van der Waals surface area contributed by atoms with E-state index in [0.717, 1.165) is 51.7 Å². The number of nitrogens with one attached hydrogen (secondary N) is 1. The molecule has 3 fully saturated rings. The van der Waals surface area contributed by atoms with Crippen LogP contribution in [0.3, 0.4) is 0 Å². The molecular formula is C20H29N3O3. The van der Waals surface area contributed by atoms with Gasteiger partial charge in [-0.15, -0.1) is 0 Å². The summed E-state index contributed by atoms with van der Waals surface area (Å²) < 4.78 is 11.6. The Morgan fingerprint density at radius 2 is 1.96 bits per heavy atom. The van der Waals surface area contributed by atoms with Gasteiger partial charge in [0.2, 0.25) is 0 Å². The lowest BCUT2D eigenvalue weighted by Crippen LogP contribution is -2.65. The van der Waals surface area contributed by atoms with E-state index in [9.17, 15) is 4.79 Å². The highest BCUT2D eigenvalue weighted by atomic mass is 16.5. The Morgan fingerprint density at radius 3 is 2.73 bits per heavy atom. The molecule has 1 amide bonds. The van der Waals surface area contributed by atoms with Gasteiger partial charge < -0.3 is 14.8 Å². The molecule has 0 bridgehead atoms. The van der Waals surface area contributed by atoms with Crippen LogP contribution in [0.2, 0.25) is 0 Å². The first-order valence-corrected chi connectivity index (χ1v) is 9.87. The lowest BCUT2D eigenvalue weighted by molar-refractivity contribution is -0.139. The van der Waals surface area contributed by atoms with Crippen molar-refractivity contribution in [3.8, 4) is 0 Å². The number of rotatable bonds is 6. The molecule has 3 aliphatic rings. The van der Waals surface area contributed by atoms with Crippen LogP contribution in [-0.2, 0) is 9.47 Å². The van der Waals surface area contributed by atoms with Crippen molar-refractivity contribution in [1.29, 1.82) is 0 Å². The van der Waals surface area contributed by atoms with Crippen LogP contribution in [0.25, 0.3) is 0 Å². The predicted molar refractivity (Wildman–Crippen MR) is 98.0 cm³/mol. The smallest absolute Gasteiger partial charge is 0.251 e. The molecule has 4 rings (SSSR count). The number of likely N-dealkylation sites (tertiary alicyclic amines) is 1. The van der Waals surface area contributed by atoms with E-state index in [-0.39, 0.29) is 11.5 Å². The summed E-state index contributed by atoms with van der Waals surface area (Å²) in [6.45, 7) is 6.67. The highest BCUT2D eigenvalue weighted by Crippen LogP contribution is 2.42. The molecule has 1 aromatic heterocycles. The third-order valence-electron chi connectivity index (χ3n) is 6.16. The first-order chi connectivity index (χ1) is 12.8. The summed E-state index contributed by atoms with van der Waals surface area (Å²) in [5.74, 6) is 1.31. The van der Waals surface area contributed by atoms with Crippen molar-refractivity contribution in [3.63, 3.8) is 0 Å². The number of hydrogen-bond donors (Lipinski definition) is 1. The van der Waals surface area contributed by atoms with Gasteiger partial charge in [-0.25, -0.2) is 0 Å². The molecule has 4 heterocycles. The summed E-state index contributed by atoms with van der Waals surface area (Å²) in [4.78, 5) is 18.6. The van der Waals surface area contributed by atoms with E-state index in [1.165, 1.54) is 19.4 Å². The van der Waals surface area contributed by atoms with Gasteiger partial charge >= 0.3 is 0 Å². The maximum atomic E-state index is 12.1. The normalized spacial score (nSPS) is 25.9. The summed E-state index contributed by atoms with van der Waals surface area (Å²) in [5.41, 5.74) is 0.704. The highest BCUT2D eigenvalue weighted by molar-refractivity contribution is 5.93. The fraction of sp³-hybridized carbons (Fsp3) is 0.700. The first kappa shape index (κ1) is 17.9. The minimum Gasteiger partial charge on any atom is -0.381 e. The Morgan fingerprint density at radius 1 is 1.19 bits per heavy atom. The average molecular weight is 359 g/mol. The second-order valence-corrected chi connectivity index (χ2v) is 7.90. The summed E-state index contributed by atoms with van der Waals surface area (Å²) in [5, 5.41) is 3.04. The van der Waals surface area contributed by atoms with Crippen molar-refractivity contribution in [1.82, 2.24) is 15.2 Å². The standard InChI is InChI=1S/C20H29N3O3/c24-19(17-1-7-21-8-2-17)22-9-3-18-6-12-26-20(18)14-23(15-20)13-16-4-10-25-11-5-16/h1-2,7-8,16,18H,3-6,9-15H2,(H,22,24)/t18-/m0/s1. The molecule has 6 heteroatoms. The molecule has 0 unspecified atom stereocenters. The van der Waals surface area contributed by atoms with Crippen molar-refractivity contribution < 1.29 is 14.3 Å². The fourth-order valence-corrected chi connectivity index (χ4v) is 4.64. The van der Waals surface area contributed by atoms with Gasteiger partial charge in [0.05, 0.1) is 5.60 Å². The van der Waals surface area contributed by atoms with Crippen molar-refractivity contribution in [2.45, 2.75) is 31.3 Å². The Kier molecular flexibility index (Phi) is 5.52. The van der Waals surface area contributed by atoms with Crippen molar-refractivity contribution in [3.05, 3.63) is 30.1 Å². The molecule has 0 radical (unpaired) electrons. The first-order valence-electron chi connectivity index (χ1n) is 9.87. The van der Waals surface area contributed by atoms with Gasteiger partial charge in [0.1, 0.15) is 0 Å². The number of carbonyl (C=O) groups is 1. The topological polar surface area (TPSA) is 63.7 Å². The number of ether oxygens (including phenoxy) is 2. The van der Waals surface area contributed by atoms with Gasteiger partial charge in [-0.2, -0.15) is 0 Å². The number of hydrogen-bond acceptors (Lipinski definition) is 5. The Bertz CT molecular complexity index is 598. The van der Waals surface area contributed by atoms with Gasteiger partial charge in [-0.1, -0.05) is 0 Å². The summed E-state index contributed by atoms with van der Waals surface area (Å²) in [7, 11) is 0. The van der Waals surface area contributed by atoms with Gasteiger partial charge in [0, 0.05) is 64.0 Å². The summed E-state index contributed by atoms with van der Waals surface area (Å²) >= 11 is 0. The van der Waals surface area contributed by atoms with Crippen LogP contribution in [0.4, 0.5) is 0 Å². The molecular weight excluding hydrogens is 330 g/mol. The second kappa shape index (κ2) is 8.03. The van der Waals surface area contributed by atoms with E-state index in [1.54, 1.807) is 24.5 Å². The Balaban J connectivity index is 1.21. The van der Waals surface area contributed by atoms with Gasteiger partial charge in [-0.3, -0.25) is 14.7 Å². The van der Waals surface area contributed by atoms with Crippen LogP contribution in [0.5, 0.6) is 0 Å². The molecule has 0 saturated carbocycles. The van der Waals surface area contributed by atoms with Gasteiger partial charge in [0.25, 0.3) is 5.91 Å². The van der Waals surface area contributed by atoms with Gasteiger partial charge in [-0.05, 0) is 49.7 Å². The molecule has 1 spiro atoms. The molecule has 3 saturated heterocycles. The molecule has 0 aromatic carbocycles. The number of carbonyl (C=O) groups excluding carboxylic acids is 1. The summed E-state index contributed by atoms with van der Waals surface area (Å²) in [6, 6.07) is 3.49. The molecule has 1 aromatic rings. The molecule has 6 nitrogen and oxygen atoms in total. The predicted octanol–water partition coefficient (Wildman–Crippen LogP) is 1.72. The van der Waals surface area contributed by atoms with Crippen LogP contribution in [-0.4, -0.2) is 67.4 Å². The van der Waals surface area contributed by atoms with E-state index in [2.05, 4.69) is 15.2 Å². The molecule has 1 N–H and O–H groups in total. The molecule has 1 atom stereocenters. The maximum absolute atomic E-state index is 12.1. The zero-order valence-corrected chi connectivity index (χ0v) is 15.4. The van der Waals surface area contributed by atoms with E-state index in [1.807, 2.05) is 0 Å². The third kappa shape index (κ3) is 3.92. The monoisotopic (exact) mass is 359 g/mol. The molecule has 26 heavy (non-hydrogen) atoms. The molecule has 142 valence electrons. The lowest BCUT2D eigenvalue weighted by Gasteiger charge is -2.51. The van der Waals surface area contributed by atoms with Crippen LogP contribution in [0.15, 0.2) is 24.5 Å². The zero-order chi connectivity index (χ0) is 17.8. The summed E-state index contributed by atoms with van der Waals surface area (Å²) in [6.07, 6.45) is 7.77. The van der Waals surface area contributed by atoms with E-state index in [4.69, 9.17) is 9.47 Å². The number of pyridine rings is 1. The SMILES string of the molecule is O=C(NCC[C@H]1CCOC12CN(CC1CCOCC1)C2)c1ccncc1. The van der Waals surface area contributed by atoms with Crippen LogP contribution < -0.4 is 5.32 Å². The van der Waals surface area contributed by atoms with E-state index in [0.29, 0.717) is 18.0 Å². The lowest BCUT2D eigenvalue weighted by atomic mass is 9.78. The van der Waals surface area contributed by atoms with Gasteiger partial charge in [0.15, 0.2) is 0 Å².